The number of nitro groups is 1. The van der Waals surface area contributed by atoms with Crippen molar-refractivity contribution < 1.29 is 24.0 Å². The maximum atomic E-state index is 14.9. The highest BCUT2D eigenvalue weighted by Crippen LogP contribution is 2.62. The Morgan fingerprint density at radius 3 is 2.49 bits per heavy atom. The fraction of sp³-hybridized carbons (Fsp3) is 0.147. The monoisotopic (exact) mass is 571 g/mol. The van der Waals surface area contributed by atoms with Crippen molar-refractivity contribution >= 4 is 34.9 Å². The van der Waals surface area contributed by atoms with Gasteiger partial charge in [-0.3, -0.25) is 24.5 Å². The number of nitro benzene ring substituents is 1. The number of carbonyl (C=O) groups is 3. The van der Waals surface area contributed by atoms with E-state index in [1.54, 1.807) is 48.7 Å². The van der Waals surface area contributed by atoms with Crippen LogP contribution < -0.4 is 10.1 Å². The van der Waals surface area contributed by atoms with Crippen molar-refractivity contribution in [2.24, 2.45) is 5.92 Å². The number of fused-ring (bicyclic) bond motifs is 6. The van der Waals surface area contributed by atoms with Gasteiger partial charge < -0.3 is 15.0 Å². The van der Waals surface area contributed by atoms with Crippen LogP contribution in [0.2, 0.25) is 0 Å². The predicted octanol–water partition coefficient (Wildman–Crippen LogP) is 5.59. The Kier molecular flexibility index (Phi) is 5.98. The lowest BCUT2D eigenvalue weighted by molar-refractivity contribution is -0.384. The third-order valence-corrected chi connectivity index (χ3v) is 8.84. The molecule has 1 spiro atoms. The Bertz CT molecular complexity index is 1880. The molecule has 0 radical (unpaired) electrons. The summed E-state index contributed by atoms with van der Waals surface area (Å²) in [4.78, 5) is 57.0. The summed E-state index contributed by atoms with van der Waals surface area (Å²) in [5.41, 5.74) is 1.33. The molecular weight excluding hydrogens is 546 g/mol. The zero-order valence-electron chi connectivity index (χ0n) is 23.0. The van der Waals surface area contributed by atoms with Crippen LogP contribution in [0.3, 0.4) is 0 Å². The van der Waals surface area contributed by atoms with Gasteiger partial charge in [0.25, 0.3) is 5.69 Å². The number of ether oxygens (including phenoxy) is 1. The van der Waals surface area contributed by atoms with E-state index in [2.05, 4.69) is 5.32 Å². The average Bonchev–Trinajstić information content (AvgIpc) is 3.52. The molecule has 0 aromatic heterocycles. The van der Waals surface area contributed by atoms with Gasteiger partial charge in [0, 0.05) is 29.6 Å². The first-order chi connectivity index (χ1) is 20.9. The van der Waals surface area contributed by atoms with Gasteiger partial charge >= 0.3 is 0 Å². The first-order valence-electron chi connectivity index (χ1n) is 13.8. The fourth-order valence-corrected chi connectivity index (χ4v) is 7.13. The SMILES string of the molecule is COc1ccccc1C(=O)C1C(C(=O)c2cccc([N+](=O)[O-])c2)C2(C(=O)Nc3ccccc32)C2c3ccccc3C=CN12. The first-order valence-corrected chi connectivity index (χ1v) is 13.8. The van der Waals surface area contributed by atoms with Gasteiger partial charge in [0.2, 0.25) is 5.91 Å². The Labute approximate surface area is 246 Å². The molecule has 43 heavy (non-hydrogen) atoms. The number of nitrogens with zero attached hydrogens (tertiary/aromatic N) is 2. The van der Waals surface area contributed by atoms with E-state index in [0.717, 1.165) is 11.1 Å². The molecule has 7 rings (SSSR count). The molecule has 1 N–H and O–H groups in total. The van der Waals surface area contributed by atoms with E-state index in [0.29, 0.717) is 17.0 Å². The van der Waals surface area contributed by atoms with Crippen molar-refractivity contribution in [2.75, 3.05) is 12.4 Å². The summed E-state index contributed by atoms with van der Waals surface area (Å²) in [5, 5.41) is 14.7. The number of Topliss-reactive ketones (excluding diaryl/α,β-unsaturated/α-hetero) is 2. The van der Waals surface area contributed by atoms with Crippen LogP contribution in [0.1, 0.15) is 43.4 Å². The van der Waals surface area contributed by atoms with E-state index in [1.165, 1.54) is 31.4 Å². The molecular formula is C34H25N3O6. The van der Waals surface area contributed by atoms with Crippen molar-refractivity contribution in [1.82, 2.24) is 4.90 Å². The molecule has 0 aliphatic carbocycles. The van der Waals surface area contributed by atoms with Crippen molar-refractivity contribution in [2.45, 2.75) is 17.5 Å². The van der Waals surface area contributed by atoms with Gasteiger partial charge in [-0.2, -0.15) is 0 Å². The van der Waals surface area contributed by atoms with E-state index < -0.39 is 45.8 Å². The zero-order valence-corrected chi connectivity index (χ0v) is 23.0. The van der Waals surface area contributed by atoms with Crippen LogP contribution in [-0.4, -0.2) is 40.4 Å². The Balaban J connectivity index is 1.54. The molecule has 4 aromatic rings. The summed E-state index contributed by atoms with van der Waals surface area (Å²) in [6, 6.07) is 25.2. The molecule has 9 nitrogen and oxygen atoms in total. The highest BCUT2D eigenvalue weighted by molar-refractivity contribution is 6.17. The molecule has 4 atom stereocenters. The van der Waals surface area contributed by atoms with E-state index in [-0.39, 0.29) is 16.8 Å². The summed E-state index contributed by atoms with van der Waals surface area (Å²) < 4.78 is 5.54. The van der Waals surface area contributed by atoms with Crippen molar-refractivity contribution in [1.29, 1.82) is 0 Å². The maximum Gasteiger partial charge on any atom is 0.270 e. The molecule has 4 aromatic carbocycles. The van der Waals surface area contributed by atoms with Crippen LogP contribution in [0.25, 0.3) is 6.08 Å². The first kappa shape index (κ1) is 26.3. The summed E-state index contributed by atoms with van der Waals surface area (Å²) in [7, 11) is 1.47. The fourth-order valence-electron chi connectivity index (χ4n) is 7.13. The standard InChI is InChI=1S/C34H25N3O6/c1-43-27-16-7-4-13-24(27)31(39)29-28(30(38)21-10-8-11-22(19-21)37(41)42)34(25-14-5-6-15-26(25)35-33(34)40)32-23-12-3-2-9-20(23)17-18-36(29)32/h2-19,28-29,32H,1H3,(H,35,40). The highest BCUT2D eigenvalue weighted by atomic mass is 16.6. The van der Waals surface area contributed by atoms with Crippen molar-refractivity contribution in [3.05, 3.63) is 141 Å². The lowest BCUT2D eigenvalue weighted by Crippen LogP contribution is -2.49. The molecule has 3 aliphatic rings. The van der Waals surface area contributed by atoms with E-state index in [4.69, 9.17) is 4.74 Å². The van der Waals surface area contributed by atoms with Gasteiger partial charge in [0.05, 0.1) is 29.6 Å². The zero-order chi connectivity index (χ0) is 29.9. The number of benzene rings is 4. The Morgan fingerprint density at radius 2 is 1.67 bits per heavy atom. The quantitative estimate of drug-likeness (QED) is 0.182. The van der Waals surface area contributed by atoms with E-state index in [1.807, 2.05) is 41.3 Å². The number of amides is 1. The largest absolute Gasteiger partial charge is 0.496 e. The summed E-state index contributed by atoms with van der Waals surface area (Å²) >= 11 is 0. The molecule has 3 aliphatic heterocycles. The lowest BCUT2D eigenvalue weighted by atomic mass is 9.62. The summed E-state index contributed by atoms with van der Waals surface area (Å²) in [5.74, 6) is -2.26. The molecule has 1 saturated heterocycles. The number of anilines is 1. The summed E-state index contributed by atoms with van der Waals surface area (Å²) in [6.45, 7) is 0. The number of nitrogens with one attached hydrogen (secondary N) is 1. The Morgan fingerprint density at radius 1 is 0.930 bits per heavy atom. The van der Waals surface area contributed by atoms with Crippen LogP contribution in [0.4, 0.5) is 11.4 Å². The highest BCUT2D eigenvalue weighted by Gasteiger charge is 2.70. The third-order valence-electron chi connectivity index (χ3n) is 8.84. The maximum absolute atomic E-state index is 14.9. The molecule has 0 bridgehead atoms. The summed E-state index contributed by atoms with van der Waals surface area (Å²) in [6.07, 6.45) is 3.66. The second-order valence-electron chi connectivity index (χ2n) is 10.8. The molecule has 212 valence electrons. The van der Waals surface area contributed by atoms with Gasteiger partial charge in [-0.25, -0.2) is 0 Å². The smallest absolute Gasteiger partial charge is 0.270 e. The molecule has 3 heterocycles. The topological polar surface area (TPSA) is 119 Å². The number of hydrogen-bond donors (Lipinski definition) is 1. The molecule has 4 unspecified atom stereocenters. The number of para-hydroxylation sites is 2. The normalized spacial score (nSPS) is 22.9. The van der Waals surface area contributed by atoms with Gasteiger partial charge in [0.15, 0.2) is 11.6 Å². The van der Waals surface area contributed by atoms with E-state index in [9.17, 15) is 24.5 Å². The van der Waals surface area contributed by atoms with E-state index >= 15 is 0 Å². The number of non-ortho nitro benzene ring substituents is 1. The van der Waals surface area contributed by atoms with Gasteiger partial charge in [-0.1, -0.05) is 66.7 Å². The Hall–Kier alpha value is -5.57. The second-order valence-corrected chi connectivity index (χ2v) is 10.8. The van der Waals surface area contributed by atoms with Crippen LogP contribution in [0.5, 0.6) is 5.75 Å². The van der Waals surface area contributed by atoms with Crippen LogP contribution in [0, 0.1) is 16.0 Å². The van der Waals surface area contributed by atoms with Crippen LogP contribution in [-0.2, 0) is 10.2 Å². The van der Waals surface area contributed by atoms with Gasteiger partial charge in [-0.05, 0) is 41.0 Å². The number of methoxy groups -OCH3 is 1. The van der Waals surface area contributed by atoms with Gasteiger partial charge in [-0.15, -0.1) is 0 Å². The van der Waals surface area contributed by atoms with Gasteiger partial charge in [0.1, 0.15) is 17.2 Å². The molecule has 1 amide bonds. The predicted molar refractivity (Wildman–Crippen MR) is 159 cm³/mol. The van der Waals surface area contributed by atoms with Crippen molar-refractivity contribution in [3.63, 3.8) is 0 Å². The van der Waals surface area contributed by atoms with Crippen molar-refractivity contribution in [3.8, 4) is 5.75 Å². The number of hydrogen-bond acceptors (Lipinski definition) is 7. The molecule has 1 fully saturated rings. The molecule has 9 heteroatoms. The van der Waals surface area contributed by atoms with Crippen LogP contribution in [0.15, 0.2) is 103 Å². The number of rotatable bonds is 6. The minimum absolute atomic E-state index is 0.0469. The minimum atomic E-state index is -1.54. The average molecular weight is 572 g/mol. The third kappa shape index (κ3) is 3.67. The number of ketones is 2. The molecule has 0 saturated carbocycles. The van der Waals surface area contributed by atoms with Crippen LogP contribution >= 0.6 is 0 Å². The number of carbonyl (C=O) groups excluding carboxylic acids is 3. The minimum Gasteiger partial charge on any atom is -0.496 e. The second kappa shape index (κ2) is 9.77. The lowest BCUT2D eigenvalue weighted by Gasteiger charge is -2.38.